The van der Waals surface area contributed by atoms with Gasteiger partial charge in [-0.2, -0.15) is 5.10 Å². The number of ether oxygens (including phenoxy) is 1. The number of carbonyl (C=O) groups excluding carboxylic acids is 2. The molecular formula is C20H26N4O3. The molecule has 0 aliphatic carbocycles. The van der Waals surface area contributed by atoms with Gasteiger partial charge in [0.1, 0.15) is 0 Å². The zero-order valence-electron chi connectivity index (χ0n) is 16.4. The fourth-order valence-corrected chi connectivity index (χ4v) is 5.03. The molecule has 4 heterocycles. The van der Waals surface area contributed by atoms with Gasteiger partial charge in [0, 0.05) is 29.5 Å². The van der Waals surface area contributed by atoms with Crippen LogP contribution in [0.2, 0.25) is 0 Å². The zero-order chi connectivity index (χ0) is 19.3. The van der Waals surface area contributed by atoms with Crippen molar-refractivity contribution in [2.24, 2.45) is 5.41 Å². The maximum atomic E-state index is 13.3. The molecule has 0 unspecified atom stereocenters. The van der Waals surface area contributed by atoms with Gasteiger partial charge in [-0.15, -0.1) is 0 Å². The van der Waals surface area contributed by atoms with E-state index in [-0.39, 0.29) is 24.0 Å². The van der Waals surface area contributed by atoms with E-state index in [1.807, 2.05) is 38.7 Å². The van der Waals surface area contributed by atoms with Crippen LogP contribution in [0.1, 0.15) is 61.4 Å². The van der Waals surface area contributed by atoms with E-state index in [9.17, 15) is 9.59 Å². The molecule has 2 aromatic rings. The van der Waals surface area contributed by atoms with E-state index < -0.39 is 5.41 Å². The topological polar surface area (TPSA) is 76.8 Å². The van der Waals surface area contributed by atoms with Gasteiger partial charge in [-0.05, 0) is 52.5 Å². The van der Waals surface area contributed by atoms with Gasteiger partial charge in [-0.1, -0.05) is 6.92 Å². The zero-order valence-corrected chi connectivity index (χ0v) is 16.4. The number of hydrogen-bond donors (Lipinski definition) is 0. The van der Waals surface area contributed by atoms with Crippen LogP contribution in [0.15, 0.2) is 12.1 Å². The minimum absolute atomic E-state index is 0.0764. The maximum absolute atomic E-state index is 13.3. The molecule has 0 N–H and O–H groups in total. The molecule has 7 heteroatoms. The molecular weight excluding hydrogens is 344 g/mol. The summed E-state index contributed by atoms with van der Waals surface area (Å²) in [6.45, 7) is 8.08. The third kappa shape index (κ3) is 2.55. The molecule has 2 saturated heterocycles. The number of esters is 1. The first-order chi connectivity index (χ1) is 12.9. The van der Waals surface area contributed by atoms with Gasteiger partial charge < -0.3 is 9.64 Å². The Morgan fingerprint density at radius 1 is 1.26 bits per heavy atom. The van der Waals surface area contributed by atoms with E-state index >= 15 is 0 Å². The molecule has 2 aromatic heterocycles. The first kappa shape index (κ1) is 17.9. The lowest BCUT2D eigenvalue weighted by Crippen LogP contribution is -2.45. The second kappa shape index (κ2) is 6.32. The quantitative estimate of drug-likeness (QED) is 0.774. The average molecular weight is 370 g/mol. The Hall–Kier alpha value is -2.44. The summed E-state index contributed by atoms with van der Waals surface area (Å²) in [6, 6.07) is 3.65. The van der Waals surface area contributed by atoms with E-state index in [1.54, 1.807) is 10.6 Å². The van der Waals surface area contributed by atoms with Crippen LogP contribution in [0.5, 0.6) is 0 Å². The molecule has 3 atom stereocenters. The van der Waals surface area contributed by atoms with Gasteiger partial charge in [-0.3, -0.25) is 9.59 Å². The maximum Gasteiger partial charge on any atom is 0.314 e. The van der Waals surface area contributed by atoms with E-state index in [2.05, 4.69) is 10.1 Å². The van der Waals surface area contributed by atoms with Crippen molar-refractivity contribution in [2.45, 2.75) is 65.5 Å². The lowest BCUT2D eigenvalue weighted by molar-refractivity contribution is -0.157. The van der Waals surface area contributed by atoms with Crippen molar-refractivity contribution in [2.75, 3.05) is 6.61 Å². The molecule has 2 aliphatic rings. The molecule has 0 saturated carbocycles. The highest BCUT2D eigenvalue weighted by molar-refractivity contribution is 5.95. The Labute approximate surface area is 158 Å². The summed E-state index contributed by atoms with van der Waals surface area (Å²) >= 11 is 0. The third-order valence-electron chi connectivity index (χ3n) is 6.24. The number of carbonyl (C=O) groups is 2. The Morgan fingerprint density at radius 2 is 2.04 bits per heavy atom. The van der Waals surface area contributed by atoms with Gasteiger partial charge in [0.05, 0.1) is 12.0 Å². The number of rotatable bonds is 4. The number of hydrogen-bond acceptors (Lipinski definition) is 5. The van der Waals surface area contributed by atoms with Gasteiger partial charge in [-0.25, -0.2) is 9.50 Å². The molecule has 0 spiro atoms. The van der Waals surface area contributed by atoms with Crippen molar-refractivity contribution in [1.82, 2.24) is 19.5 Å². The highest BCUT2D eigenvalue weighted by Crippen LogP contribution is 2.52. The molecule has 7 nitrogen and oxygen atoms in total. The van der Waals surface area contributed by atoms with Gasteiger partial charge >= 0.3 is 5.97 Å². The lowest BCUT2D eigenvalue weighted by atomic mass is 9.72. The number of aryl methyl sites for hydroxylation is 2. The third-order valence-corrected chi connectivity index (χ3v) is 6.24. The number of aromatic nitrogens is 3. The summed E-state index contributed by atoms with van der Waals surface area (Å²) in [5.41, 5.74) is 2.32. The summed E-state index contributed by atoms with van der Waals surface area (Å²) in [7, 11) is 0. The smallest absolute Gasteiger partial charge is 0.314 e. The monoisotopic (exact) mass is 370 g/mol. The second-order valence-electron chi connectivity index (χ2n) is 7.73. The fraction of sp³-hybridized carbons (Fsp3) is 0.600. The number of fused-ring (bicyclic) bond motifs is 3. The van der Waals surface area contributed by atoms with Crippen LogP contribution in [0.3, 0.4) is 0 Å². The standard InChI is InChI=1S/C20H26N4O3/c1-5-20(19(26)27-6-2)11-14-7-8-16(20)23(14)18(25)15-10-17-21-12(3)9-13(4)24(17)22-15/h9-10,14,16H,5-8,11H2,1-4H3/t14-,16+,20+/m1/s1. The highest BCUT2D eigenvalue weighted by Gasteiger charge is 2.61. The summed E-state index contributed by atoms with van der Waals surface area (Å²) < 4.78 is 7.08. The Kier molecular flexibility index (Phi) is 4.20. The van der Waals surface area contributed by atoms with Crippen LogP contribution in [0.4, 0.5) is 0 Å². The Morgan fingerprint density at radius 3 is 2.74 bits per heavy atom. The van der Waals surface area contributed by atoms with Crippen LogP contribution < -0.4 is 0 Å². The van der Waals surface area contributed by atoms with Crippen LogP contribution in [-0.4, -0.2) is 50.1 Å². The molecule has 0 aromatic carbocycles. The van der Waals surface area contributed by atoms with Crippen molar-refractivity contribution in [1.29, 1.82) is 0 Å². The molecule has 144 valence electrons. The van der Waals surface area contributed by atoms with Crippen molar-refractivity contribution < 1.29 is 14.3 Å². The van der Waals surface area contributed by atoms with Gasteiger partial charge in [0.25, 0.3) is 5.91 Å². The van der Waals surface area contributed by atoms with Crippen molar-refractivity contribution in [3.8, 4) is 0 Å². The molecule has 2 aliphatic heterocycles. The van der Waals surface area contributed by atoms with E-state index in [0.29, 0.717) is 30.8 Å². The molecule has 4 rings (SSSR count). The SMILES string of the molecule is CCOC(=O)[C@@]1(CC)C[C@H]2CC[C@@H]1N2C(=O)c1cc2nc(C)cc(C)n2n1. The summed E-state index contributed by atoms with van der Waals surface area (Å²) in [5.74, 6) is -0.273. The largest absolute Gasteiger partial charge is 0.466 e. The van der Waals surface area contributed by atoms with E-state index in [4.69, 9.17) is 4.74 Å². The first-order valence-electron chi connectivity index (χ1n) is 9.75. The van der Waals surface area contributed by atoms with Crippen LogP contribution in [0, 0.1) is 19.3 Å². The lowest BCUT2D eigenvalue weighted by Gasteiger charge is -2.33. The van der Waals surface area contributed by atoms with Crippen molar-refractivity contribution in [3.05, 3.63) is 29.2 Å². The summed E-state index contributed by atoms with van der Waals surface area (Å²) in [4.78, 5) is 32.4. The van der Waals surface area contributed by atoms with Crippen LogP contribution >= 0.6 is 0 Å². The predicted octanol–water partition coefficient (Wildman–Crippen LogP) is 2.68. The summed E-state index contributed by atoms with van der Waals surface area (Å²) in [6.07, 6.45) is 3.14. The number of nitrogens with zero attached hydrogens (tertiary/aromatic N) is 4. The van der Waals surface area contributed by atoms with E-state index in [1.165, 1.54) is 0 Å². The normalized spacial score (nSPS) is 26.7. The minimum Gasteiger partial charge on any atom is -0.466 e. The van der Waals surface area contributed by atoms with E-state index in [0.717, 1.165) is 24.2 Å². The van der Waals surface area contributed by atoms with Gasteiger partial charge in [0.15, 0.2) is 11.3 Å². The second-order valence-corrected chi connectivity index (χ2v) is 7.73. The molecule has 2 bridgehead atoms. The minimum atomic E-state index is -0.585. The molecule has 1 amide bonds. The predicted molar refractivity (Wildman–Crippen MR) is 99.4 cm³/mol. The van der Waals surface area contributed by atoms with Gasteiger partial charge in [0.2, 0.25) is 0 Å². The summed E-state index contributed by atoms with van der Waals surface area (Å²) in [5, 5.41) is 4.50. The molecule has 2 fully saturated rings. The van der Waals surface area contributed by atoms with Crippen LogP contribution in [0.25, 0.3) is 5.65 Å². The first-order valence-corrected chi connectivity index (χ1v) is 9.75. The average Bonchev–Trinajstić information content (AvgIpc) is 3.32. The molecule has 27 heavy (non-hydrogen) atoms. The van der Waals surface area contributed by atoms with Crippen LogP contribution in [-0.2, 0) is 9.53 Å². The molecule has 0 radical (unpaired) electrons. The fourth-order valence-electron chi connectivity index (χ4n) is 5.03. The number of amides is 1. The Bertz CT molecular complexity index is 921. The Balaban J connectivity index is 1.69. The highest BCUT2D eigenvalue weighted by atomic mass is 16.5. The van der Waals surface area contributed by atoms with Crippen molar-refractivity contribution in [3.63, 3.8) is 0 Å². The van der Waals surface area contributed by atoms with Crippen molar-refractivity contribution >= 4 is 17.5 Å².